The summed E-state index contributed by atoms with van der Waals surface area (Å²) >= 11 is 0. The third-order valence-electron chi connectivity index (χ3n) is 0.789. The van der Waals surface area contributed by atoms with Crippen LogP contribution in [0.25, 0.3) is 0 Å². The van der Waals surface area contributed by atoms with E-state index < -0.39 is 0 Å². The molecule has 2 heteroatoms. The van der Waals surface area contributed by atoms with Gasteiger partial charge in [0.15, 0.2) is 0 Å². The van der Waals surface area contributed by atoms with Gasteiger partial charge >= 0.3 is 0 Å². The van der Waals surface area contributed by atoms with Gasteiger partial charge in [-0.15, -0.1) is 0 Å². The Labute approximate surface area is 50.1 Å². The lowest BCUT2D eigenvalue weighted by atomic mass is 10.3. The first-order chi connectivity index (χ1) is 3.66. The van der Waals surface area contributed by atoms with Gasteiger partial charge < -0.3 is 5.73 Å². The summed E-state index contributed by atoms with van der Waals surface area (Å²) < 4.78 is 0. The summed E-state index contributed by atoms with van der Waals surface area (Å²) in [5.74, 6) is 0. The Balaban J connectivity index is 3.89. The van der Waals surface area contributed by atoms with E-state index >= 15 is 0 Å². The molecular weight excluding hydrogens is 100 g/mol. The summed E-state index contributed by atoms with van der Waals surface area (Å²) in [6.45, 7) is 3.76. The second-order valence-corrected chi connectivity index (χ2v) is 1.75. The second-order valence-electron chi connectivity index (χ2n) is 1.75. The topological polar surface area (TPSA) is 38.4 Å². The van der Waals surface area contributed by atoms with Gasteiger partial charge in [0.2, 0.25) is 0 Å². The van der Waals surface area contributed by atoms with Crippen molar-refractivity contribution in [1.29, 1.82) is 0 Å². The molecule has 0 unspecified atom stereocenters. The monoisotopic (exact) mass is 112 g/mol. The van der Waals surface area contributed by atoms with E-state index in [-0.39, 0.29) is 0 Å². The van der Waals surface area contributed by atoms with Crippen molar-refractivity contribution in [3.8, 4) is 0 Å². The fraction of sp³-hybridized carbons (Fsp3) is 0.500. The summed E-state index contributed by atoms with van der Waals surface area (Å²) in [4.78, 5) is 3.89. The zero-order chi connectivity index (χ0) is 6.57. The maximum Gasteiger partial charge on any atom is 0.0330 e. The maximum atomic E-state index is 5.35. The molecule has 8 heavy (non-hydrogen) atoms. The first-order valence-corrected chi connectivity index (χ1v) is 2.54. The van der Waals surface area contributed by atoms with E-state index in [1.807, 2.05) is 19.9 Å². The highest BCUT2D eigenvalue weighted by Crippen LogP contribution is 1.82. The normalized spacial score (nSPS) is 14.4. The molecule has 0 aliphatic carbocycles. The summed E-state index contributed by atoms with van der Waals surface area (Å²) in [6, 6.07) is 0. The zero-order valence-corrected chi connectivity index (χ0v) is 5.60. The lowest BCUT2D eigenvalue weighted by Gasteiger charge is -1.88. The van der Waals surface area contributed by atoms with Crippen molar-refractivity contribution in [2.45, 2.75) is 13.8 Å². The van der Waals surface area contributed by atoms with Crippen LogP contribution in [0.1, 0.15) is 13.8 Å². The van der Waals surface area contributed by atoms with Crippen LogP contribution >= 0.6 is 0 Å². The van der Waals surface area contributed by atoms with Gasteiger partial charge in [0, 0.05) is 18.5 Å². The second kappa shape index (κ2) is 3.24. The molecular formula is C6H12N2. The molecule has 46 valence electrons. The summed E-state index contributed by atoms with van der Waals surface area (Å²) in [5, 5.41) is 0. The van der Waals surface area contributed by atoms with Gasteiger partial charge in [0.05, 0.1) is 0 Å². The molecule has 0 bridgehead atoms. The van der Waals surface area contributed by atoms with Crippen LogP contribution in [0.15, 0.2) is 16.8 Å². The van der Waals surface area contributed by atoms with Gasteiger partial charge in [0.1, 0.15) is 0 Å². The third-order valence-corrected chi connectivity index (χ3v) is 0.789. The number of allylic oxidation sites excluding steroid dienone is 2. The molecule has 0 radical (unpaired) electrons. The van der Waals surface area contributed by atoms with Crippen molar-refractivity contribution in [2.24, 2.45) is 10.7 Å². The lowest BCUT2D eigenvalue weighted by Crippen LogP contribution is -1.94. The highest BCUT2D eigenvalue weighted by atomic mass is 14.7. The Kier molecular flexibility index (Phi) is 2.92. The van der Waals surface area contributed by atoms with Crippen molar-refractivity contribution in [1.82, 2.24) is 0 Å². The van der Waals surface area contributed by atoms with Gasteiger partial charge in [-0.3, -0.25) is 4.99 Å². The molecule has 0 aromatic carbocycles. The van der Waals surface area contributed by atoms with E-state index in [0.717, 1.165) is 11.4 Å². The van der Waals surface area contributed by atoms with Crippen LogP contribution < -0.4 is 5.73 Å². The van der Waals surface area contributed by atoms with Crippen molar-refractivity contribution < 1.29 is 0 Å². The standard InChI is InChI=1S/C6H12N2/c1-5(7)4-6(2)8-3/h4H,7H2,1-3H3/b5-4-,8-6-. The van der Waals surface area contributed by atoms with E-state index in [9.17, 15) is 0 Å². The fourth-order valence-corrected chi connectivity index (χ4v) is 0.394. The number of nitrogens with zero attached hydrogens (tertiary/aromatic N) is 1. The molecule has 0 aliphatic heterocycles. The minimum atomic E-state index is 0.799. The maximum absolute atomic E-state index is 5.35. The fourth-order valence-electron chi connectivity index (χ4n) is 0.394. The van der Waals surface area contributed by atoms with E-state index in [4.69, 9.17) is 5.73 Å². The first kappa shape index (κ1) is 7.21. The van der Waals surface area contributed by atoms with Crippen LogP contribution in [-0.2, 0) is 0 Å². The Hall–Kier alpha value is -0.790. The van der Waals surface area contributed by atoms with E-state index in [1.165, 1.54) is 0 Å². The quantitative estimate of drug-likeness (QED) is 0.504. The van der Waals surface area contributed by atoms with Gasteiger partial charge in [-0.1, -0.05) is 0 Å². The van der Waals surface area contributed by atoms with Crippen LogP contribution in [0, 0.1) is 0 Å². The SMILES string of the molecule is C/N=C(C)\C=C(\C)N. The van der Waals surface area contributed by atoms with E-state index in [2.05, 4.69) is 4.99 Å². The summed E-state index contributed by atoms with van der Waals surface area (Å²) in [7, 11) is 1.74. The summed E-state index contributed by atoms with van der Waals surface area (Å²) in [5.41, 5.74) is 7.11. The van der Waals surface area contributed by atoms with Crippen molar-refractivity contribution in [3.63, 3.8) is 0 Å². The number of aliphatic imine (C=N–C) groups is 1. The average Bonchev–Trinajstić information content (AvgIpc) is 1.65. The number of hydrogen-bond acceptors (Lipinski definition) is 2. The third kappa shape index (κ3) is 3.40. The smallest absolute Gasteiger partial charge is 0.0330 e. The highest BCUT2D eigenvalue weighted by molar-refractivity contribution is 5.93. The van der Waals surface area contributed by atoms with Crippen molar-refractivity contribution in [3.05, 3.63) is 11.8 Å². The van der Waals surface area contributed by atoms with Crippen LogP contribution in [0.4, 0.5) is 0 Å². The Morgan fingerprint density at radius 1 is 1.50 bits per heavy atom. The van der Waals surface area contributed by atoms with Gasteiger partial charge in [-0.05, 0) is 19.9 Å². The molecule has 0 rings (SSSR count). The molecule has 0 spiro atoms. The molecule has 0 aromatic heterocycles. The van der Waals surface area contributed by atoms with E-state index in [0.29, 0.717) is 0 Å². The van der Waals surface area contributed by atoms with Gasteiger partial charge in [-0.2, -0.15) is 0 Å². The van der Waals surface area contributed by atoms with Crippen LogP contribution in [0.5, 0.6) is 0 Å². The molecule has 0 aliphatic rings. The molecule has 2 N–H and O–H groups in total. The molecule has 0 fully saturated rings. The summed E-state index contributed by atoms with van der Waals surface area (Å²) in [6.07, 6.45) is 1.83. The minimum absolute atomic E-state index is 0.799. The average molecular weight is 112 g/mol. The number of nitrogens with two attached hydrogens (primary N) is 1. The molecule has 0 amide bonds. The van der Waals surface area contributed by atoms with Crippen LogP contribution in [0.3, 0.4) is 0 Å². The zero-order valence-electron chi connectivity index (χ0n) is 5.60. The largest absolute Gasteiger partial charge is 0.402 e. The predicted molar refractivity (Wildman–Crippen MR) is 37.0 cm³/mol. The molecule has 0 atom stereocenters. The minimum Gasteiger partial charge on any atom is -0.402 e. The highest BCUT2D eigenvalue weighted by Gasteiger charge is 1.79. The first-order valence-electron chi connectivity index (χ1n) is 2.54. The van der Waals surface area contributed by atoms with Crippen LogP contribution in [0.2, 0.25) is 0 Å². The molecule has 0 saturated carbocycles. The van der Waals surface area contributed by atoms with Crippen molar-refractivity contribution >= 4 is 5.71 Å². The predicted octanol–water partition coefficient (Wildman–Crippen LogP) is 0.940. The molecule has 0 heterocycles. The molecule has 0 saturated heterocycles. The van der Waals surface area contributed by atoms with Gasteiger partial charge in [0.25, 0.3) is 0 Å². The Morgan fingerprint density at radius 3 is 2.12 bits per heavy atom. The number of rotatable bonds is 1. The Bertz CT molecular complexity index is 118. The van der Waals surface area contributed by atoms with E-state index in [1.54, 1.807) is 7.05 Å². The Morgan fingerprint density at radius 2 is 2.00 bits per heavy atom. The van der Waals surface area contributed by atoms with Crippen LogP contribution in [-0.4, -0.2) is 12.8 Å². The van der Waals surface area contributed by atoms with Gasteiger partial charge in [-0.25, -0.2) is 0 Å². The molecule has 0 aromatic rings. The molecule has 2 nitrogen and oxygen atoms in total. The van der Waals surface area contributed by atoms with Crippen molar-refractivity contribution in [2.75, 3.05) is 7.05 Å². The lowest BCUT2D eigenvalue weighted by molar-refractivity contribution is 1.31. The number of hydrogen-bond donors (Lipinski definition) is 1.